The quantitative estimate of drug-likeness (QED) is 0.865. The Morgan fingerprint density at radius 1 is 1.04 bits per heavy atom. The number of rotatable bonds is 6. The minimum absolute atomic E-state index is 0.0321. The average molecular weight is 327 g/mol. The van der Waals surface area contributed by atoms with Crippen molar-refractivity contribution in [3.63, 3.8) is 0 Å². The van der Waals surface area contributed by atoms with Gasteiger partial charge in [0.05, 0.1) is 20.3 Å². The van der Waals surface area contributed by atoms with E-state index >= 15 is 0 Å². The lowest BCUT2D eigenvalue weighted by Crippen LogP contribution is -2.28. The molecule has 0 aliphatic heterocycles. The molecule has 2 aromatic carbocycles. The molecule has 128 valence electrons. The molecule has 2 rings (SSSR count). The van der Waals surface area contributed by atoms with Crippen molar-refractivity contribution in [3.05, 3.63) is 58.7 Å². The third-order valence-electron chi connectivity index (χ3n) is 4.13. The van der Waals surface area contributed by atoms with E-state index in [1.165, 1.54) is 11.1 Å². The van der Waals surface area contributed by atoms with Gasteiger partial charge in [0.2, 0.25) is 0 Å². The van der Waals surface area contributed by atoms with Gasteiger partial charge in [0.15, 0.2) is 0 Å². The van der Waals surface area contributed by atoms with Crippen molar-refractivity contribution >= 4 is 5.91 Å². The Balaban J connectivity index is 2.26. The molecule has 2 aromatic rings. The van der Waals surface area contributed by atoms with E-state index in [2.05, 4.69) is 44.3 Å². The molecule has 0 spiro atoms. The molecule has 0 heterocycles. The molecule has 0 aliphatic rings. The second-order valence-corrected chi connectivity index (χ2v) is 5.90. The molecule has 0 saturated carbocycles. The van der Waals surface area contributed by atoms with Gasteiger partial charge in [-0.1, -0.05) is 30.7 Å². The van der Waals surface area contributed by atoms with Crippen LogP contribution in [0.15, 0.2) is 36.4 Å². The molecule has 24 heavy (non-hydrogen) atoms. The highest BCUT2D eigenvalue weighted by Gasteiger charge is 2.17. The molecule has 0 radical (unpaired) electrons. The second-order valence-electron chi connectivity index (χ2n) is 5.90. The number of carbonyl (C=O) groups excluding carboxylic acids is 1. The zero-order chi connectivity index (χ0) is 17.7. The molecule has 4 nitrogen and oxygen atoms in total. The highest BCUT2D eigenvalue weighted by Crippen LogP contribution is 2.25. The van der Waals surface area contributed by atoms with Crippen molar-refractivity contribution in [1.82, 2.24) is 5.32 Å². The van der Waals surface area contributed by atoms with Crippen LogP contribution in [0.3, 0.4) is 0 Å². The monoisotopic (exact) mass is 327 g/mol. The van der Waals surface area contributed by atoms with Crippen LogP contribution in [0.25, 0.3) is 0 Å². The number of benzene rings is 2. The highest BCUT2D eigenvalue weighted by atomic mass is 16.5. The number of amides is 1. The van der Waals surface area contributed by atoms with Gasteiger partial charge in [-0.2, -0.15) is 0 Å². The predicted octanol–water partition coefficient (Wildman–Crippen LogP) is 4.20. The van der Waals surface area contributed by atoms with Gasteiger partial charge >= 0.3 is 0 Å². The Labute approximate surface area is 143 Å². The maximum absolute atomic E-state index is 12.7. The molecular weight excluding hydrogens is 302 g/mol. The largest absolute Gasteiger partial charge is 0.497 e. The zero-order valence-corrected chi connectivity index (χ0v) is 15.0. The molecule has 4 heteroatoms. The minimum atomic E-state index is -0.140. The van der Waals surface area contributed by atoms with E-state index in [1.807, 2.05) is 0 Å². The van der Waals surface area contributed by atoms with Gasteiger partial charge in [-0.15, -0.1) is 0 Å². The lowest BCUT2D eigenvalue weighted by atomic mass is 9.97. The second kappa shape index (κ2) is 7.86. The Bertz CT molecular complexity index is 703. The van der Waals surface area contributed by atoms with Gasteiger partial charge < -0.3 is 14.8 Å². The topological polar surface area (TPSA) is 47.6 Å². The molecule has 1 N–H and O–H groups in total. The third-order valence-corrected chi connectivity index (χ3v) is 4.13. The average Bonchev–Trinajstić information content (AvgIpc) is 2.59. The van der Waals surface area contributed by atoms with Crippen LogP contribution in [-0.2, 0) is 0 Å². The van der Waals surface area contributed by atoms with Gasteiger partial charge in [-0.25, -0.2) is 0 Å². The number of carbonyl (C=O) groups is 1. The van der Waals surface area contributed by atoms with Crippen LogP contribution < -0.4 is 14.8 Å². The summed E-state index contributed by atoms with van der Waals surface area (Å²) in [5, 5.41) is 3.11. The van der Waals surface area contributed by atoms with E-state index in [9.17, 15) is 4.79 Å². The summed E-state index contributed by atoms with van der Waals surface area (Å²) in [5.41, 5.74) is 4.07. The highest BCUT2D eigenvalue weighted by molar-refractivity contribution is 5.95. The summed E-state index contributed by atoms with van der Waals surface area (Å²) < 4.78 is 10.5. The lowest BCUT2D eigenvalue weighted by Gasteiger charge is -2.20. The Hall–Kier alpha value is -2.49. The SMILES string of the molecule is CCC(NC(=O)c1cc(OC)cc(OC)c1)c1ccc(C)cc1C. The van der Waals surface area contributed by atoms with Gasteiger partial charge in [0.1, 0.15) is 11.5 Å². The van der Waals surface area contributed by atoms with Crippen molar-refractivity contribution in [1.29, 1.82) is 0 Å². The molecule has 0 fully saturated rings. The predicted molar refractivity (Wildman–Crippen MR) is 96.0 cm³/mol. The fourth-order valence-electron chi connectivity index (χ4n) is 2.80. The molecular formula is C20H25NO3. The number of aryl methyl sites for hydroxylation is 2. The van der Waals surface area contributed by atoms with E-state index in [0.717, 1.165) is 12.0 Å². The Morgan fingerprint density at radius 3 is 2.17 bits per heavy atom. The molecule has 0 aromatic heterocycles. The van der Waals surface area contributed by atoms with Gasteiger partial charge in [0, 0.05) is 11.6 Å². The third kappa shape index (κ3) is 4.07. The van der Waals surface area contributed by atoms with E-state index in [1.54, 1.807) is 32.4 Å². The Morgan fingerprint density at radius 2 is 1.67 bits per heavy atom. The van der Waals surface area contributed by atoms with Gasteiger partial charge in [-0.05, 0) is 43.5 Å². The first-order chi connectivity index (χ1) is 11.5. The van der Waals surface area contributed by atoms with Crippen LogP contribution in [-0.4, -0.2) is 20.1 Å². The van der Waals surface area contributed by atoms with Crippen LogP contribution in [0.2, 0.25) is 0 Å². The summed E-state index contributed by atoms with van der Waals surface area (Å²) in [7, 11) is 3.14. The maximum atomic E-state index is 12.7. The summed E-state index contributed by atoms with van der Waals surface area (Å²) in [6.07, 6.45) is 0.816. The number of methoxy groups -OCH3 is 2. The molecule has 0 bridgehead atoms. The normalized spacial score (nSPS) is 11.7. The smallest absolute Gasteiger partial charge is 0.252 e. The van der Waals surface area contributed by atoms with E-state index in [-0.39, 0.29) is 11.9 Å². The van der Waals surface area contributed by atoms with Crippen molar-refractivity contribution in [2.75, 3.05) is 14.2 Å². The molecule has 0 aliphatic carbocycles. The molecule has 1 amide bonds. The maximum Gasteiger partial charge on any atom is 0.252 e. The van der Waals surface area contributed by atoms with Crippen LogP contribution in [0, 0.1) is 13.8 Å². The summed E-state index contributed by atoms with van der Waals surface area (Å²) >= 11 is 0. The lowest BCUT2D eigenvalue weighted by molar-refractivity contribution is 0.0934. The fraction of sp³-hybridized carbons (Fsp3) is 0.350. The minimum Gasteiger partial charge on any atom is -0.497 e. The van der Waals surface area contributed by atoms with Crippen molar-refractivity contribution in [3.8, 4) is 11.5 Å². The molecule has 0 saturated heterocycles. The van der Waals surface area contributed by atoms with E-state index < -0.39 is 0 Å². The first-order valence-electron chi connectivity index (χ1n) is 8.09. The van der Waals surface area contributed by atoms with Crippen molar-refractivity contribution < 1.29 is 14.3 Å². The van der Waals surface area contributed by atoms with Gasteiger partial charge in [-0.3, -0.25) is 4.79 Å². The van der Waals surface area contributed by atoms with Gasteiger partial charge in [0.25, 0.3) is 5.91 Å². The molecule has 1 atom stereocenters. The standard InChI is InChI=1S/C20H25NO3/c1-6-19(18-8-7-13(2)9-14(18)3)21-20(22)15-10-16(23-4)12-17(11-15)24-5/h7-12,19H,6H2,1-5H3,(H,21,22). The number of ether oxygens (including phenoxy) is 2. The van der Waals surface area contributed by atoms with E-state index in [4.69, 9.17) is 9.47 Å². The zero-order valence-electron chi connectivity index (χ0n) is 15.0. The number of hydrogen-bond acceptors (Lipinski definition) is 3. The van der Waals surface area contributed by atoms with Crippen LogP contribution in [0.1, 0.15) is 46.4 Å². The van der Waals surface area contributed by atoms with E-state index in [0.29, 0.717) is 17.1 Å². The number of nitrogens with one attached hydrogen (secondary N) is 1. The first-order valence-corrected chi connectivity index (χ1v) is 8.09. The summed E-state index contributed by atoms with van der Waals surface area (Å²) in [6, 6.07) is 11.4. The summed E-state index contributed by atoms with van der Waals surface area (Å²) in [4.78, 5) is 12.7. The van der Waals surface area contributed by atoms with Crippen LogP contribution in [0.5, 0.6) is 11.5 Å². The number of hydrogen-bond donors (Lipinski definition) is 1. The van der Waals surface area contributed by atoms with Crippen LogP contribution >= 0.6 is 0 Å². The summed E-state index contributed by atoms with van der Waals surface area (Å²) in [6.45, 7) is 6.21. The van der Waals surface area contributed by atoms with Crippen molar-refractivity contribution in [2.45, 2.75) is 33.2 Å². The molecule has 1 unspecified atom stereocenters. The summed E-state index contributed by atoms with van der Waals surface area (Å²) in [5.74, 6) is 1.05. The van der Waals surface area contributed by atoms with Crippen molar-refractivity contribution in [2.24, 2.45) is 0 Å². The first kappa shape index (κ1) is 17.9. The fourth-order valence-corrected chi connectivity index (χ4v) is 2.80. The Kier molecular flexibility index (Phi) is 5.85. The van der Waals surface area contributed by atoms with Crippen LogP contribution in [0.4, 0.5) is 0 Å².